The molecule has 0 saturated carbocycles. The molecule has 0 aliphatic heterocycles. The number of hydrogen-bond donors (Lipinski definition) is 2. The van der Waals surface area contributed by atoms with Gasteiger partial charge in [-0.3, -0.25) is 4.79 Å². The Morgan fingerprint density at radius 1 is 1.40 bits per heavy atom. The zero-order chi connectivity index (χ0) is 18.3. The molecule has 2 N–H and O–H groups in total. The summed E-state index contributed by atoms with van der Waals surface area (Å²) >= 11 is 0. The van der Waals surface area contributed by atoms with Gasteiger partial charge in [0.15, 0.2) is 0 Å². The maximum Gasteiger partial charge on any atom is 0.251 e. The Kier molecular flexibility index (Phi) is 6.33. The highest BCUT2D eigenvalue weighted by molar-refractivity contribution is 7.89. The molecule has 0 radical (unpaired) electrons. The van der Waals surface area contributed by atoms with Crippen LogP contribution in [0.4, 0.5) is 0 Å². The van der Waals surface area contributed by atoms with Crippen molar-refractivity contribution in [3.8, 4) is 12.3 Å². The van der Waals surface area contributed by atoms with Crippen molar-refractivity contribution in [1.82, 2.24) is 19.6 Å². The molecule has 0 bridgehead atoms. The van der Waals surface area contributed by atoms with Crippen molar-refractivity contribution in [2.24, 2.45) is 0 Å². The maximum absolute atomic E-state index is 12.2. The fraction of sp³-hybridized carbons (Fsp3) is 0.294. The molecule has 0 spiro atoms. The monoisotopic (exact) mass is 360 g/mol. The number of nitrogens with zero attached hydrogens (tertiary/aromatic N) is 2. The average molecular weight is 360 g/mol. The van der Waals surface area contributed by atoms with E-state index in [1.54, 1.807) is 12.3 Å². The predicted octanol–water partition coefficient (Wildman–Crippen LogP) is 0.923. The van der Waals surface area contributed by atoms with Crippen molar-refractivity contribution in [1.29, 1.82) is 0 Å². The van der Waals surface area contributed by atoms with Gasteiger partial charge in [-0.1, -0.05) is 12.0 Å². The molecule has 1 amide bonds. The first kappa shape index (κ1) is 18.7. The van der Waals surface area contributed by atoms with E-state index in [0.717, 1.165) is 18.8 Å². The molecular weight excluding hydrogens is 340 g/mol. The summed E-state index contributed by atoms with van der Waals surface area (Å²) in [6, 6.07) is 5.83. The van der Waals surface area contributed by atoms with Gasteiger partial charge in [0.1, 0.15) is 5.82 Å². The van der Waals surface area contributed by atoms with Gasteiger partial charge in [0, 0.05) is 31.0 Å². The molecule has 7 nitrogen and oxygen atoms in total. The zero-order valence-corrected chi connectivity index (χ0v) is 14.7. The van der Waals surface area contributed by atoms with Gasteiger partial charge in [-0.25, -0.2) is 13.4 Å². The van der Waals surface area contributed by atoms with Crippen LogP contribution in [0.25, 0.3) is 0 Å². The van der Waals surface area contributed by atoms with Crippen molar-refractivity contribution in [2.75, 3.05) is 13.1 Å². The van der Waals surface area contributed by atoms with Gasteiger partial charge in [-0.2, -0.15) is 4.72 Å². The van der Waals surface area contributed by atoms with Crippen molar-refractivity contribution < 1.29 is 13.2 Å². The van der Waals surface area contributed by atoms with Crippen LogP contribution >= 0.6 is 0 Å². The van der Waals surface area contributed by atoms with Crippen LogP contribution < -0.4 is 10.0 Å². The summed E-state index contributed by atoms with van der Waals surface area (Å²) in [4.78, 5) is 16.3. The van der Waals surface area contributed by atoms with Crippen LogP contribution in [0.15, 0.2) is 41.6 Å². The molecule has 1 aromatic carbocycles. The Morgan fingerprint density at radius 3 is 2.88 bits per heavy atom. The highest BCUT2D eigenvalue weighted by Crippen LogP contribution is 2.11. The number of rotatable bonds is 8. The fourth-order valence-corrected chi connectivity index (χ4v) is 3.20. The summed E-state index contributed by atoms with van der Waals surface area (Å²) in [5.74, 6) is 2.80. The van der Waals surface area contributed by atoms with Crippen LogP contribution in [0, 0.1) is 19.3 Å². The molecule has 0 aliphatic rings. The Bertz CT molecular complexity index is 881. The molecule has 1 aromatic heterocycles. The minimum Gasteiger partial charge on any atom is -0.352 e. The minimum atomic E-state index is -3.72. The zero-order valence-electron chi connectivity index (χ0n) is 13.9. The first-order chi connectivity index (χ1) is 11.9. The summed E-state index contributed by atoms with van der Waals surface area (Å²) in [7, 11) is -3.72. The van der Waals surface area contributed by atoms with Gasteiger partial charge in [0.25, 0.3) is 5.91 Å². The summed E-state index contributed by atoms with van der Waals surface area (Å²) in [6.07, 6.45) is 9.41. The van der Waals surface area contributed by atoms with Crippen LogP contribution in [0.5, 0.6) is 0 Å². The fourth-order valence-electron chi connectivity index (χ4n) is 2.22. The third-order valence-electron chi connectivity index (χ3n) is 3.56. The van der Waals surface area contributed by atoms with Gasteiger partial charge in [-0.15, -0.1) is 6.42 Å². The van der Waals surface area contributed by atoms with E-state index in [4.69, 9.17) is 6.42 Å². The van der Waals surface area contributed by atoms with Gasteiger partial charge < -0.3 is 9.88 Å². The Hall–Kier alpha value is -2.63. The summed E-state index contributed by atoms with van der Waals surface area (Å²) in [6.45, 7) is 3.03. The summed E-state index contributed by atoms with van der Waals surface area (Å²) < 4.78 is 28.3. The first-order valence-electron chi connectivity index (χ1n) is 7.73. The largest absolute Gasteiger partial charge is 0.352 e. The Morgan fingerprint density at radius 2 is 2.20 bits per heavy atom. The SMILES string of the molecule is C#CCNS(=O)(=O)c1cccc(C(=O)NCCCn2ccnc2C)c1. The predicted molar refractivity (Wildman–Crippen MR) is 94.4 cm³/mol. The minimum absolute atomic E-state index is 0.00411. The molecule has 0 aliphatic carbocycles. The number of aromatic nitrogens is 2. The molecule has 0 unspecified atom stereocenters. The normalized spacial score (nSPS) is 11.0. The van der Waals surface area contributed by atoms with E-state index in [-0.39, 0.29) is 22.9 Å². The molecule has 2 rings (SSSR count). The molecule has 0 atom stereocenters. The van der Waals surface area contributed by atoms with E-state index in [9.17, 15) is 13.2 Å². The average Bonchev–Trinajstić information content (AvgIpc) is 3.02. The van der Waals surface area contributed by atoms with E-state index in [1.165, 1.54) is 18.2 Å². The Labute approximate surface area is 147 Å². The van der Waals surface area contributed by atoms with E-state index in [0.29, 0.717) is 6.54 Å². The summed E-state index contributed by atoms with van der Waals surface area (Å²) in [5, 5.41) is 2.78. The van der Waals surface area contributed by atoms with Gasteiger partial charge in [0.2, 0.25) is 10.0 Å². The molecule has 25 heavy (non-hydrogen) atoms. The van der Waals surface area contributed by atoms with Crippen molar-refractivity contribution in [3.63, 3.8) is 0 Å². The molecule has 132 valence electrons. The highest BCUT2D eigenvalue weighted by Gasteiger charge is 2.15. The number of carbonyl (C=O) groups excluding carboxylic acids is 1. The number of hydrogen-bond acceptors (Lipinski definition) is 4. The molecular formula is C17H20N4O3S. The second-order valence-electron chi connectivity index (χ2n) is 5.33. The number of aryl methyl sites for hydroxylation is 2. The molecule has 1 heterocycles. The lowest BCUT2D eigenvalue weighted by Crippen LogP contribution is -2.27. The Balaban J connectivity index is 1.92. The topological polar surface area (TPSA) is 93.1 Å². The lowest BCUT2D eigenvalue weighted by atomic mass is 10.2. The maximum atomic E-state index is 12.2. The van der Waals surface area contributed by atoms with Gasteiger partial charge in [-0.05, 0) is 31.5 Å². The van der Waals surface area contributed by atoms with E-state index in [1.807, 2.05) is 17.7 Å². The number of amides is 1. The number of imidazole rings is 1. The standard InChI is InChI=1S/C17H20N4O3S/c1-3-8-20-25(23,24)16-7-4-6-15(13-16)17(22)19-9-5-11-21-12-10-18-14(21)2/h1,4,6-7,10,12-13,20H,5,8-9,11H2,2H3,(H,19,22). The quantitative estimate of drug-likeness (QED) is 0.541. The van der Waals surface area contributed by atoms with Crippen molar-refractivity contribution in [3.05, 3.63) is 48.0 Å². The van der Waals surface area contributed by atoms with Crippen LogP contribution in [-0.2, 0) is 16.6 Å². The number of nitrogens with one attached hydrogen (secondary N) is 2. The third kappa shape index (κ3) is 5.17. The second-order valence-corrected chi connectivity index (χ2v) is 7.10. The van der Waals surface area contributed by atoms with Crippen LogP contribution in [0.2, 0.25) is 0 Å². The van der Waals surface area contributed by atoms with Gasteiger partial charge >= 0.3 is 0 Å². The lowest BCUT2D eigenvalue weighted by molar-refractivity contribution is 0.0952. The number of benzene rings is 1. The number of sulfonamides is 1. The smallest absolute Gasteiger partial charge is 0.251 e. The first-order valence-corrected chi connectivity index (χ1v) is 9.21. The van der Waals surface area contributed by atoms with Crippen molar-refractivity contribution >= 4 is 15.9 Å². The third-order valence-corrected chi connectivity index (χ3v) is 4.95. The molecule has 0 saturated heterocycles. The second kappa shape index (κ2) is 8.46. The molecule has 0 fully saturated rings. The van der Waals surface area contributed by atoms with Crippen molar-refractivity contribution in [2.45, 2.75) is 24.8 Å². The number of terminal acetylenes is 1. The van der Waals surface area contributed by atoms with Crippen LogP contribution in [0.3, 0.4) is 0 Å². The van der Waals surface area contributed by atoms with E-state index in [2.05, 4.69) is 20.9 Å². The van der Waals surface area contributed by atoms with Gasteiger partial charge in [0.05, 0.1) is 11.4 Å². The van der Waals surface area contributed by atoms with Crippen LogP contribution in [-0.4, -0.2) is 37.0 Å². The molecule has 2 aromatic rings. The lowest BCUT2D eigenvalue weighted by Gasteiger charge is -2.09. The van der Waals surface area contributed by atoms with E-state index >= 15 is 0 Å². The number of carbonyl (C=O) groups is 1. The highest BCUT2D eigenvalue weighted by atomic mass is 32.2. The van der Waals surface area contributed by atoms with E-state index < -0.39 is 10.0 Å². The van der Waals surface area contributed by atoms with Crippen LogP contribution in [0.1, 0.15) is 22.6 Å². The molecule has 8 heteroatoms. The summed E-state index contributed by atoms with van der Waals surface area (Å²) in [5.41, 5.74) is 0.280.